The minimum absolute atomic E-state index is 0.211. The summed E-state index contributed by atoms with van der Waals surface area (Å²) in [6, 6.07) is 63.6. The Hall–Kier alpha value is -4.71. The lowest BCUT2D eigenvalue weighted by atomic mass is 10.2. The maximum atomic E-state index is 7.54. The minimum Gasteiger partial charge on any atom is -0.404 e. The zero-order chi connectivity index (χ0) is 42.0. The molecule has 0 aromatic heterocycles. The summed E-state index contributed by atoms with van der Waals surface area (Å²) in [6.07, 6.45) is 2.70. The molecule has 0 saturated heterocycles. The molecular formula is C52H60O4Si3. The maximum Gasteiger partial charge on any atom is 0.408 e. The zero-order valence-electron chi connectivity index (χ0n) is 35.6. The largest absolute Gasteiger partial charge is 0.408 e. The Morgan fingerprint density at radius 1 is 0.390 bits per heavy atom. The molecule has 0 unspecified atom stereocenters. The summed E-state index contributed by atoms with van der Waals surface area (Å²) in [5.74, 6) is 0. The first-order valence-corrected chi connectivity index (χ1v) is 26.3. The summed E-state index contributed by atoms with van der Waals surface area (Å²) >= 11 is 0. The van der Waals surface area contributed by atoms with E-state index < -0.39 is 37.4 Å². The Balaban J connectivity index is 1.43. The summed E-state index contributed by atoms with van der Waals surface area (Å²) in [4.78, 5) is 0. The van der Waals surface area contributed by atoms with Gasteiger partial charge in [-0.05, 0) is 41.2 Å². The first-order chi connectivity index (χ1) is 28.4. The van der Waals surface area contributed by atoms with Crippen molar-refractivity contribution in [2.45, 2.75) is 63.8 Å². The standard InChI is InChI=1S/C52H60O4Si3/c1-9-43(41-53-57(51(3,4)5,45-29-17-11-18-30-45)46-31-19-12-20-32-46)55-59(49-37-25-15-26-38-49,50-39-27-16-28-40-50)56-44(10-2)42-54-58(52(6,7)8,47-33-21-13-22-34-47)48-35-23-14-24-36-48/h9-40,43-44H,1-2,41-42H2,3-8H3/t43-,44-/m1/s1. The van der Waals surface area contributed by atoms with Gasteiger partial charge in [0.25, 0.3) is 16.6 Å². The normalized spacial score (nSPS) is 13.7. The Bertz CT molecular complexity index is 1950. The molecule has 0 heterocycles. The van der Waals surface area contributed by atoms with Gasteiger partial charge in [0, 0.05) is 0 Å². The Kier molecular flexibility index (Phi) is 14.2. The van der Waals surface area contributed by atoms with Crippen molar-refractivity contribution in [2.75, 3.05) is 13.2 Å². The van der Waals surface area contributed by atoms with Crippen LogP contribution < -0.4 is 31.1 Å². The van der Waals surface area contributed by atoms with Crippen molar-refractivity contribution < 1.29 is 17.7 Å². The average molecular weight is 833 g/mol. The Morgan fingerprint density at radius 2 is 0.610 bits per heavy atom. The second-order valence-corrected chi connectivity index (χ2v) is 28.6. The van der Waals surface area contributed by atoms with Crippen LogP contribution in [0.1, 0.15) is 41.5 Å². The molecule has 4 nitrogen and oxygen atoms in total. The lowest BCUT2D eigenvalue weighted by Gasteiger charge is -2.45. The van der Waals surface area contributed by atoms with Gasteiger partial charge in [0.1, 0.15) is 0 Å². The van der Waals surface area contributed by atoms with Crippen LogP contribution in [0.4, 0.5) is 0 Å². The first-order valence-electron chi connectivity index (χ1n) is 20.6. The smallest absolute Gasteiger partial charge is 0.404 e. The van der Waals surface area contributed by atoms with Gasteiger partial charge >= 0.3 is 8.56 Å². The quantitative estimate of drug-likeness (QED) is 0.0644. The van der Waals surface area contributed by atoms with Crippen LogP contribution in [-0.2, 0) is 17.7 Å². The number of hydrogen-bond donors (Lipinski definition) is 0. The van der Waals surface area contributed by atoms with E-state index in [1.54, 1.807) is 0 Å². The third-order valence-corrected chi connectivity index (χ3v) is 24.7. The van der Waals surface area contributed by atoms with E-state index in [1.165, 1.54) is 20.7 Å². The molecule has 0 bridgehead atoms. The lowest BCUT2D eigenvalue weighted by molar-refractivity contribution is 0.0799. The number of benzene rings is 6. The molecule has 0 amide bonds. The van der Waals surface area contributed by atoms with Crippen LogP contribution in [-0.4, -0.2) is 50.6 Å². The third kappa shape index (κ3) is 9.22. The van der Waals surface area contributed by atoms with E-state index in [-0.39, 0.29) is 23.3 Å². The van der Waals surface area contributed by atoms with Crippen molar-refractivity contribution >= 4 is 56.3 Å². The highest BCUT2D eigenvalue weighted by atomic mass is 28.4. The minimum atomic E-state index is -3.59. The van der Waals surface area contributed by atoms with Crippen molar-refractivity contribution in [1.82, 2.24) is 0 Å². The SMILES string of the molecule is C=C[C@H](CO[Si](c1ccccc1)(c1ccccc1)C(C)(C)C)O[Si](O[C@H](C=C)CO[Si](c1ccccc1)(c1ccccc1)C(C)(C)C)(c1ccccc1)c1ccccc1. The van der Waals surface area contributed by atoms with Gasteiger partial charge in [0.2, 0.25) is 0 Å². The van der Waals surface area contributed by atoms with Gasteiger partial charge < -0.3 is 17.7 Å². The zero-order valence-corrected chi connectivity index (χ0v) is 38.6. The van der Waals surface area contributed by atoms with Crippen molar-refractivity contribution in [3.63, 3.8) is 0 Å². The summed E-state index contributed by atoms with van der Waals surface area (Å²) in [5.41, 5.74) is 0. The fourth-order valence-corrected chi connectivity index (χ4v) is 21.0. The van der Waals surface area contributed by atoms with Gasteiger partial charge in [-0.2, -0.15) is 0 Å². The molecule has 0 aliphatic rings. The molecule has 59 heavy (non-hydrogen) atoms. The Morgan fingerprint density at radius 3 is 0.814 bits per heavy atom. The highest BCUT2D eigenvalue weighted by Gasteiger charge is 2.53. The molecule has 7 heteroatoms. The topological polar surface area (TPSA) is 36.9 Å². The third-order valence-electron chi connectivity index (χ3n) is 11.2. The van der Waals surface area contributed by atoms with E-state index in [0.717, 1.165) is 10.4 Å². The number of rotatable bonds is 18. The van der Waals surface area contributed by atoms with Crippen LogP contribution in [0.15, 0.2) is 207 Å². The second-order valence-electron chi connectivity index (χ2n) is 17.1. The summed E-state index contributed by atoms with van der Waals surface area (Å²) in [7, 11) is -9.39. The van der Waals surface area contributed by atoms with Gasteiger partial charge in [-0.25, -0.2) is 0 Å². The number of hydrogen-bond acceptors (Lipinski definition) is 4. The molecule has 6 aromatic carbocycles. The first kappa shape index (κ1) is 43.9. The van der Waals surface area contributed by atoms with E-state index in [1.807, 2.05) is 24.3 Å². The van der Waals surface area contributed by atoms with Crippen LogP contribution >= 0.6 is 0 Å². The van der Waals surface area contributed by atoms with Gasteiger partial charge in [-0.1, -0.05) is 236 Å². The van der Waals surface area contributed by atoms with Gasteiger partial charge in [0.15, 0.2) is 0 Å². The molecule has 0 saturated carbocycles. The molecule has 0 aliphatic heterocycles. The van der Waals surface area contributed by atoms with E-state index >= 15 is 0 Å². The fourth-order valence-electron chi connectivity index (χ4n) is 8.45. The van der Waals surface area contributed by atoms with Crippen LogP contribution in [0.2, 0.25) is 10.1 Å². The molecule has 2 atom stereocenters. The molecule has 0 fully saturated rings. The molecule has 6 rings (SSSR count). The fraction of sp³-hybridized carbons (Fsp3) is 0.231. The predicted molar refractivity (Wildman–Crippen MR) is 255 cm³/mol. The average Bonchev–Trinajstić information content (AvgIpc) is 3.26. The van der Waals surface area contributed by atoms with Crippen LogP contribution in [0, 0.1) is 0 Å². The summed E-state index contributed by atoms with van der Waals surface area (Å²) < 4.78 is 30.0. The highest BCUT2D eigenvalue weighted by Crippen LogP contribution is 2.38. The molecule has 6 aromatic rings. The predicted octanol–water partition coefficient (Wildman–Crippen LogP) is 8.54. The lowest BCUT2D eigenvalue weighted by Crippen LogP contribution is -2.69. The maximum absolute atomic E-state index is 7.54. The summed E-state index contributed by atoms with van der Waals surface area (Å²) in [6.45, 7) is 23.0. The van der Waals surface area contributed by atoms with Crippen LogP contribution in [0.3, 0.4) is 0 Å². The molecule has 304 valence electrons. The second kappa shape index (κ2) is 19.1. The molecule has 0 radical (unpaired) electrons. The van der Waals surface area contributed by atoms with Crippen LogP contribution in [0.25, 0.3) is 0 Å². The molecule has 0 spiro atoms. The van der Waals surface area contributed by atoms with E-state index in [4.69, 9.17) is 17.7 Å². The van der Waals surface area contributed by atoms with Crippen molar-refractivity contribution in [1.29, 1.82) is 0 Å². The highest BCUT2D eigenvalue weighted by molar-refractivity contribution is 7.00. The van der Waals surface area contributed by atoms with Crippen molar-refractivity contribution in [3.05, 3.63) is 207 Å². The Labute approximate surface area is 356 Å². The van der Waals surface area contributed by atoms with Crippen LogP contribution in [0.5, 0.6) is 0 Å². The van der Waals surface area contributed by atoms with E-state index in [9.17, 15) is 0 Å². The molecule has 0 aliphatic carbocycles. The van der Waals surface area contributed by atoms with Crippen molar-refractivity contribution in [2.24, 2.45) is 0 Å². The van der Waals surface area contributed by atoms with Gasteiger partial charge in [-0.3, -0.25) is 0 Å². The van der Waals surface area contributed by atoms with Gasteiger partial charge in [-0.15, -0.1) is 13.2 Å². The molecule has 0 N–H and O–H groups in total. The van der Waals surface area contributed by atoms with E-state index in [0.29, 0.717) is 0 Å². The van der Waals surface area contributed by atoms with Crippen molar-refractivity contribution in [3.8, 4) is 0 Å². The molecular weight excluding hydrogens is 773 g/mol. The van der Waals surface area contributed by atoms with Gasteiger partial charge in [0.05, 0.1) is 25.4 Å². The monoisotopic (exact) mass is 832 g/mol. The summed E-state index contributed by atoms with van der Waals surface area (Å²) in [5, 5.41) is 6.36. The van der Waals surface area contributed by atoms with E-state index in [2.05, 4.69) is 225 Å².